The lowest BCUT2D eigenvalue weighted by Gasteiger charge is -2.21. The van der Waals surface area contributed by atoms with E-state index in [-0.39, 0.29) is 12.5 Å². The molecule has 0 heterocycles. The Labute approximate surface area is 121 Å². The third kappa shape index (κ3) is 5.89. The molecule has 1 atom stereocenters. The first kappa shape index (κ1) is 16.2. The highest BCUT2D eigenvalue weighted by molar-refractivity contribution is 5.36. The van der Waals surface area contributed by atoms with E-state index in [2.05, 4.69) is 41.9 Å². The fraction of sp³-hybridized carbons (Fsp3) is 0.471. The van der Waals surface area contributed by atoms with Gasteiger partial charge in [0.15, 0.2) is 0 Å². The van der Waals surface area contributed by atoms with Gasteiger partial charge in [0, 0.05) is 25.1 Å². The molecule has 0 aromatic heterocycles. The number of benzene rings is 1. The Morgan fingerprint density at radius 2 is 2.00 bits per heavy atom. The first-order chi connectivity index (χ1) is 9.69. The van der Waals surface area contributed by atoms with Crippen molar-refractivity contribution in [1.29, 1.82) is 5.26 Å². The fourth-order valence-electron chi connectivity index (χ4n) is 1.91. The maximum Gasteiger partial charge on any atom is 0.0666 e. The van der Waals surface area contributed by atoms with E-state index in [1.165, 1.54) is 5.56 Å². The molecule has 106 valence electrons. The van der Waals surface area contributed by atoms with Crippen LogP contribution in [0.4, 0.5) is 0 Å². The SMILES string of the molecule is CCN(Cc1ccc(C#CCCO)cc1)CC(C)C#N. The van der Waals surface area contributed by atoms with Crippen LogP contribution in [0.5, 0.6) is 0 Å². The summed E-state index contributed by atoms with van der Waals surface area (Å²) in [7, 11) is 0. The first-order valence-electron chi connectivity index (χ1n) is 7.00. The molecule has 1 N–H and O–H groups in total. The molecule has 0 saturated heterocycles. The Hall–Kier alpha value is -1.81. The van der Waals surface area contributed by atoms with Gasteiger partial charge >= 0.3 is 0 Å². The highest BCUT2D eigenvalue weighted by atomic mass is 16.2. The predicted octanol–water partition coefficient (Wildman–Crippen LogP) is 2.40. The Morgan fingerprint density at radius 3 is 2.55 bits per heavy atom. The summed E-state index contributed by atoms with van der Waals surface area (Å²) in [5.74, 6) is 5.98. The van der Waals surface area contributed by atoms with Crippen LogP contribution in [0.15, 0.2) is 24.3 Å². The Morgan fingerprint density at radius 1 is 1.30 bits per heavy atom. The number of rotatable bonds is 6. The lowest BCUT2D eigenvalue weighted by atomic mass is 10.1. The zero-order valence-electron chi connectivity index (χ0n) is 12.3. The summed E-state index contributed by atoms with van der Waals surface area (Å²) >= 11 is 0. The third-order valence-corrected chi connectivity index (χ3v) is 3.03. The lowest BCUT2D eigenvalue weighted by molar-refractivity contribution is 0.260. The molecule has 0 amide bonds. The average Bonchev–Trinajstić information content (AvgIpc) is 2.48. The monoisotopic (exact) mass is 270 g/mol. The summed E-state index contributed by atoms with van der Waals surface area (Å²) in [5, 5.41) is 17.6. The number of aliphatic hydroxyl groups excluding tert-OH is 1. The maximum absolute atomic E-state index is 8.87. The molecule has 1 rings (SSSR count). The number of hydrogen-bond donors (Lipinski definition) is 1. The van der Waals surface area contributed by atoms with Gasteiger partial charge in [-0.2, -0.15) is 5.26 Å². The molecule has 3 heteroatoms. The van der Waals surface area contributed by atoms with Gasteiger partial charge in [0.05, 0.1) is 18.6 Å². The molecular formula is C17H22N2O. The van der Waals surface area contributed by atoms with Crippen LogP contribution in [0, 0.1) is 29.1 Å². The van der Waals surface area contributed by atoms with E-state index in [0.717, 1.165) is 25.2 Å². The van der Waals surface area contributed by atoms with Gasteiger partial charge < -0.3 is 5.11 Å². The molecule has 1 aromatic carbocycles. The minimum atomic E-state index is 0.0542. The van der Waals surface area contributed by atoms with Gasteiger partial charge in [-0.25, -0.2) is 0 Å². The van der Waals surface area contributed by atoms with Gasteiger partial charge in [-0.3, -0.25) is 4.90 Å². The zero-order chi connectivity index (χ0) is 14.8. The van der Waals surface area contributed by atoms with Gasteiger partial charge in [-0.05, 0) is 31.2 Å². The molecule has 1 unspecified atom stereocenters. The largest absolute Gasteiger partial charge is 0.395 e. The second-order valence-corrected chi connectivity index (χ2v) is 4.83. The Balaban J connectivity index is 2.60. The number of nitrogens with zero attached hydrogens (tertiary/aromatic N) is 2. The summed E-state index contributed by atoms with van der Waals surface area (Å²) < 4.78 is 0. The van der Waals surface area contributed by atoms with Crippen molar-refractivity contribution in [2.45, 2.75) is 26.8 Å². The highest BCUT2D eigenvalue weighted by Crippen LogP contribution is 2.09. The van der Waals surface area contributed by atoms with E-state index in [0.29, 0.717) is 6.42 Å². The molecular weight excluding hydrogens is 248 g/mol. The Bertz CT molecular complexity index is 490. The molecule has 0 aliphatic heterocycles. The standard InChI is InChI=1S/C17H22N2O/c1-3-19(13-15(2)12-18)14-17-9-7-16(8-10-17)6-4-5-11-20/h7-10,15,20H,3,5,11,13-14H2,1-2H3. The van der Waals surface area contributed by atoms with Crippen molar-refractivity contribution in [3.63, 3.8) is 0 Å². The van der Waals surface area contributed by atoms with E-state index in [1.54, 1.807) is 0 Å². The van der Waals surface area contributed by atoms with Crippen molar-refractivity contribution in [2.24, 2.45) is 5.92 Å². The summed E-state index contributed by atoms with van der Waals surface area (Å²) in [6.45, 7) is 6.75. The summed E-state index contributed by atoms with van der Waals surface area (Å²) in [4.78, 5) is 2.26. The smallest absolute Gasteiger partial charge is 0.0666 e. The average molecular weight is 270 g/mol. The van der Waals surface area contributed by atoms with Gasteiger partial charge in [-0.15, -0.1) is 0 Å². The van der Waals surface area contributed by atoms with Gasteiger partial charge in [0.2, 0.25) is 0 Å². The van der Waals surface area contributed by atoms with Crippen LogP contribution < -0.4 is 0 Å². The van der Waals surface area contributed by atoms with Crippen LogP contribution in [-0.4, -0.2) is 29.7 Å². The van der Waals surface area contributed by atoms with E-state index >= 15 is 0 Å². The van der Waals surface area contributed by atoms with E-state index in [9.17, 15) is 0 Å². The molecule has 0 bridgehead atoms. The van der Waals surface area contributed by atoms with Crippen molar-refractivity contribution in [2.75, 3.05) is 19.7 Å². The molecule has 3 nitrogen and oxygen atoms in total. The topological polar surface area (TPSA) is 47.3 Å². The first-order valence-corrected chi connectivity index (χ1v) is 7.00. The normalized spacial score (nSPS) is 11.6. The van der Waals surface area contributed by atoms with Gasteiger partial charge in [-0.1, -0.05) is 30.9 Å². The van der Waals surface area contributed by atoms with Crippen LogP contribution in [0.25, 0.3) is 0 Å². The minimum Gasteiger partial charge on any atom is -0.395 e. The molecule has 1 aromatic rings. The zero-order valence-corrected chi connectivity index (χ0v) is 12.3. The van der Waals surface area contributed by atoms with Crippen LogP contribution in [0.1, 0.15) is 31.4 Å². The van der Waals surface area contributed by atoms with Crippen LogP contribution in [0.3, 0.4) is 0 Å². The molecule has 0 radical (unpaired) electrons. The van der Waals surface area contributed by atoms with E-state index in [4.69, 9.17) is 10.4 Å². The van der Waals surface area contributed by atoms with Crippen molar-refractivity contribution in [3.05, 3.63) is 35.4 Å². The van der Waals surface area contributed by atoms with Crippen molar-refractivity contribution in [1.82, 2.24) is 4.90 Å². The number of nitriles is 1. The minimum absolute atomic E-state index is 0.0542. The maximum atomic E-state index is 8.87. The summed E-state index contributed by atoms with van der Waals surface area (Å²) in [6.07, 6.45) is 0.511. The second kappa shape index (κ2) is 9.15. The molecule has 0 aliphatic rings. The molecule has 0 saturated carbocycles. The van der Waals surface area contributed by atoms with Crippen molar-refractivity contribution < 1.29 is 5.11 Å². The molecule has 0 fully saturated rings. The van der Waals surface area contributed by atoms with E-state index in [1.807, 2.05) is 19.1 Å². The van der Waals surface area contributed by atoms with Crippen LogP contribution in [0.2, 0.25) is 0 Å². The van der Waals surface area contributed by atoms with Gasteiger partial charge in [0.1, 0.15) is 0 Å². The quantitative estimate of drug-likeness (QED) is 0.807. The van der Waals surface area contributed by atoms with Crippen LogP contribution >= 0.6 is 0 Å². The second-order valence-electron chi connectivity index (χ2n) is 4.83. The fourth-order valence-corrected chi connectivity index (χ4v) is 1.91. The van der Waals surface area contributed by atoms with Crippen molar-refractivity contribution >= 4 is 0 Å². The third-order valence-electron chi connectivity index (χ3n) is 3.03. The Kier molecular flexibility index (Phi) is 7.43. The summed E-state index contributed by atoms with van der Waals surface area (Å²) in [5.41, 5.74) is 2.19. The molecule has 20 heavy (non-hydrogen) atoms. The van der Waals surface area contributed by atoms with E-state index < -0.39 is 0 Å². The predicted molar refractivity (Wildman–Crippen MR) is 80.8 cm³/mol. The van der Waals surface area contributed by atoms with Crippen LogP contribution in [-0.2, 0) is 6.54 Å². The van der Waals surface area contributed by atoms with Gasteiger partial charge in [0.25, 0.3) is 0 Å². The summed E-state index contributed by atoms with van der Waals surface area (Å²) in [6, 6.07) is 10.4. The highest BCUT2D eigenvalue weighted by Gasteiger charge is 2.08. The van der Waals surface area contributed by atoms with Crippen molar-refractivity contribution in [3.8, 4) is 17.9 Å². The molecule has 0 aliphatic carbocycles. The number of hydrogen-bond acceptors (Lipinski definition) is 3. The lowest BCUT2D eigenvalue weighted by Crippen LogP contribution is -2.27. The molecule has 0 spiro atoms. The number of aliphatic hydroxyl groups is 1.